The highest BCUT2D eigenvalue weighted by atomic mass is 35.5. The van der Waals surface area contributed by atoms with Gasteiger partial charge in [0.25, 0.3) is 0 Å². The van der Waals surface area contributed by atoms with Crippen molar-refractivity contribution in [1.82, 2.24) is 9.55 Å². The number of benzene rings is 2. The van der Waals surface area contributed by atoms with Gasteiger partial charge in [0.1, 0.15) is 12.1 Å². The van der Waals surface area contributed by atoms with Crippen LogP contribution in [0.1, 0.15) is 56.0 Å². The van der Waals surface area contributed by atoms with Crippen molar-refractivity contribution in [2.45, 2.75) is 44.4 Å². The molecule has 29 heavy (non-hydrogen) atoms. The Labute approximate surface area is 176 Å². The van der Waals surface area contributed by atoms with Gasteiger partial charge in [0, 0.05) is 23.9 Å². The van der Waals surface area contributed by atoms with E-state index in [-0.39, 0.29) is 5.92 Å². The predicted octanol–water partition coefficient (Wildman–Crippen LogP) is 5.95. The van der Waals surface area contributed by atoms with E-state index in [1.165, 1.54) is 22.3 Å². The number of carbonyl (C=O) groups is 1. The third kappa shape index (κ3) is 2.50. The molecule has 0 N–H and O–H groups in total. The Hall–Kier alpha value is -2.39. The third-order valence-corrected chi connectivity index (χ3v) is 7.39. The number of fused-ring (bicyclic) bond motifs is 2. The Morgan fingerprint density at radius 2 is 2.03 bits per heavy atom. The van der Waals surface area contributed by atoms with Crippen LogP contribution < -0.4 is 0 Å². The van der Waals surface area contributed by atoms with E-state index >= 15 is 0 Å². The summed E-state index contributed by atoms with van der Waals surface area (Å²) in [5, 5.41) is 0.707. The van der Waals surface area contributed by atoms with E-state index in [4.69, 9.17) is 16.6 Å². The molecule has 148 valence electrons. The summed E-state index contributed by atoms with van der Waals surface area (Å²) in [7, 11) is 2.06. The fraction of sp³-hybridized carbons (Fsp3) is 0.360. The number of hydrogen-bond donors (Lipinski definition) is 0. The first-order valence-electron chi connectivity index (χ1n) is 10.4. The largest absolute Gasteiger partial charge is 0.330 e. The maximum Gasteiger partial charge on any atom is 0.127 e. The molecule has 0 fully saturated rings. The zero-order valence-corrected chi connectivity index (χ0v) is 17.8. The molecule has 0 bridgehead atoms. The van der Waals surface area contributed by atoms with Crippen molar-refractivity contribution >= 4 is 28.9 Å². The van der Waals surface area contributed by atoms with Gasteiger partial charge < -0.3 is 9.36 Å². The average Bonchev–Trinajstić information content (AvgIpc) is 3.08. The van der Waals surface area contributed by atoms with E-state index < -0.39 is 5.41 Å². The third-order valence-electron chi connectivity index (χ3n) is 7.16. The van der Waals surface area contributed by atoms with Gasteiger partial charge in [-0.25, -0.2) is 4.98 Å². The molecule has 3 unspecified atom stereocenters. The highest BCUT2D eigenvalue weighted by Crippen LogP contribution is 2.55. The molecule has 3 atom stereocenters. The molecule has 1 heterocycles. The molecule has 0 saturated heterocycles. The molecule has 2 aromatic carbocycles. The van der Waals surface area contributed by atoms with Crippen LogP contribution in [-0.2, 0) is 17.3 Å². The molecular weight excluding hydrogens is 380 g/mol. The average molecular weight is 405 g/mol. The van der Waals surface area contributed by atoms with Gasteiger partial charge in [-0.1, -0.05) is 48.4 Å². The van der Waals surface area contributed by atoms with E-state index in [0.29, 0.717) is 10.9 Å². The zero-order valence-electron chi connectivity index (χ0n) is 17.1. The maximum atomic E-state index is 12.2. The van der Waals surface area contributed by atoms with Crippen molar-refractivity contribution in [3.8, 4) is 0 Å². The van der Waals surface area contributed by atoms with E-state index in [1.807, 2.05) is 18.2 Å². The zero-order chi connectivity index (χ0) is 20.3. The summed E-state index contributed by atoms with van der Waals surface area (Å²) in [5.41, 5.74) is 6.84. The second-order valence-corrected chi connectivity index (χ2v) is 9.07. The van der Waals surface area contributed by atoms with Crippen LogP contribution in [0, 0.1) is 5.92 Å². The molecule has 1 aromatic heterocycles. The lowest BCUT2D eigenvalue weighted by Crippen LogP contribution is -2.40. The number of aromatic nitrogens is 2. The molecule has 0 radical (unpaired) electrons. The van der Waals surface area contributed by atoms with Crippen molar-refractivity contribution in [2.75, 3.05) is 0 Å². The van der Waals surface area contributed by atoms with Gasteiger partial charge in [-0.05, 0) is 61.1 Å². The second kappa shape index (κ2) is 6.56. The van der Waals surface area contributed by atoms with E-state index in [1.54, 1.807) is 0 Å². The van der Waals surface area contributed by atoms with Crippen molar-refractivity contribution in [1.29, 1.82) is 0 Å². The standard InChI is InChI=1S/C25H25ClN2O/c1-15-18-8-4-5-10-20(18)25(2,23-16(14-29)7-6-9-19(15)23)24-27-21-12-11-17(26)13-22(21)28(24)3/h4-5,8,10-16H,6-7,9H2,1-3H3. The molecular formula is C25H25ClN2O. The monoisotopic (exact) mass is 404 g/mol. The number of allylic oxidation sites excluding steroid dienone is 2. The summed E-state index contributed by atoms with van der Waals surface area (Å²) in [6.45, 7) is 4.55. The summed E-state index contributed by atoms with van der Waals surface area (Å²) in [6.07, 6.45) is 4.21. The summed E-state index contributed by atoms with van der Waals surface area (Å²) >= 11 is 6.28. The van der Waals surface area contributed by atoms with Crippen LogP contribution in [0.15, 0.2) is 53.6 Å². The van der Waals surface area contributed by atoms with Crippen molar-refractivity contribution in [3.63, 3.8) is 0 Å². The van der Waals surface area contributed by atoms with Crippen LogP contribution in [0.2, 0.25) is 5.02 Å². The first-order chi connectivity index (χ1) is 14.0. The van der Waals surface area contributed by atoms with E-state index in [9.17, 15) is 4.79 Å². The predicted molar refractivity (Wildman–Crippen MR) is 117 cm³/mol. The minimum Gasteiger partial charge on any atom is -0.330 e. The first-order valence-corrected chi connectivity index (χ1v) is 10.7. The fourth-order valence-electron chi connectivity index (χ4n) is 5.82. The molecule has 3 aromatic rings. The Morgan fingerprint density at radius 1 is 1.24 bits per heavy atom. The number of imidazole rings is 1. The number of nitrogens with zero attached hydrogens (tertiary/aromatic N) is 2. The summed E-state index contributed by atoms with van der Waals surface area (Å²) in [6, 6.07) is 14.5. The van der Waals surface area contributed by atoms with Gasteiger partial charge in [-0.2, -0.15) is 0 Å². The number of halogens is 1. The number of hydrogen-bond acceptors (Lipinski definition) is 2. The number of aryl methyl sites for hydroxylation is 1. The van der Waals surface area contributed by atoms with Gasteiger partial charge >= 0.3 is 0 Å². The number of carbonyl (C=O) groups excluding carboxylic acids is 1. The van der Waals surface area contributed by atoms with Gasteiger partial charge in [-0.15, -0.1) is 0 Å². The lowest BCUT2D eigenvalue weighted by Gasteiger charge is -2.46. The molecule has 0 aliphatic heterocycles. The maximum absolute atomic E-state index is 12.2. The highest BCUT2D eigenvalue weighted by molar-refractivity contribution is 6.31. The van der Waals surface area contributed by atoms with E-state index in [0.717, 1.165) is 42.4 Å². The molecule has 0 saturated carbocycles. The Kier molecular flexibility index (Phi) is 4.22. The van der Waals surface area contributed by atoms with E-state index in [2.05, 4.69) is 49.7 Å². The smallest absolute Gasteiger partial charge is 0.127 e. The van der Waals surface area contributed by atoms with Gasteiger partial charge in [0.15, 0.2) is 0 Å². The minimum atomic E-state index is -0.440. The molecule has 4 heteroatoms. The van der Waals surface area contributed by atoms with Crippen LogP contribution in [0.5, 0.6) is 0 Å². The molecule has 0 spiro atoms. The van der Waals surface area contributed by atoms with Crippen LogP contribution in [-0.4, -0.2) is 15.8 Å². The lowest BCUT2D eigenvalue weighted by atomic mass is 9.58. The number of aldehydes is 1. The normalized spacial score (nSPS) is 26.3. The van der Waals surface area contributed by atoms with Crippen LogP contribution in [0.25, 0.3) is 11.0 Å². The van der Waals surface area contributed by atoms with Gasteiger partial charge in [-0.3, -0.25) is 0 Å². The minimum absolute atomic E-state index is 0.0528. The first kappa shape index (κ1) is 18.6. The van der Waals surface area contributed by atoms with Crippen molar-refractivity contribution < 1.29 is 4.79 Å². The quantitative estimate of drug-likeness (QED) is 0.391. The highest BCUT2D eigenvalue weighted by Gasteiger charge is 2.48. The summed E-state index contributed by atoms with van der Waals surface area (Å²) in [5.74, 6) is 1.26. The summed E-state index contributed by atoms with van der Waals surface area (Å²) < 4.78 is 2.16. The van der Waals surface area contributed by atoms with Crippen molar-refractivity contribution in [2.24, 2.45) is 13.0 Å². The van der Waals surface area contributed by atoms with Crippen LogP contribution in [0.4, 0.5) is 0 Å². The van der Waals surface area contributed by atoms with Crippen LogP contribution in [0.3, 0.4) is 0 Å². The molecule has 2 aliphatic rings. The SMILES string of the molecule is CC1C2=C(C(C=O)CCC2)C(C)(c2nc3ccc(Cl)cc3n2C)c2ccccc21. The Balaban J connectivity index is 1.88. The fourth-order valence-corrected chi connectivity index (χ4v) is 5.99. The summed E-state index contributed by atoms with van der Waals surface area (Å²) in [4.78, 5) is 17.3. The molecule has 0 amide bonds. The molecule has 5 rings (SSSR count). The van der Waals surface area contributed by atoms with Gasteiger partial charge in [0.05, 0.1) is 16.4 Å². The van der Waals surface area contributed by atoms with Gasteiger partial charge in [0.2, 0.25) is 0 Å². The molecule has 2 aliphatic carbocycles. The Morgan fingerprint density at radius 3 is 2.83 bits per heavy atom. The second-order valence-electron chi connectivity index (χ2n) is 8.64. The van der Waals surface area contributed by atoms with Crippen LogP contribution >= 0.6 is 11.6 Å². The topological polar surface area (TPSA) is 34.9 Å². The molecule has 3 nitrogen and oxygen atoms in total. The number of rotatable bonds is 2. The Bertz CT molecular complexity index is 1170. The lowest BCUT2D eigenvalue weighted by molar-refractivity contribution is -0.110. The van der Waals surface area contributed by atoms with Crippen molar-refractivity contribution in [3.05, 3.63) is 75.6 Å².